The second kappa shape index (κ2) is 36.8. The van der Waals surface area contributed by atoms with Crippen molar-refractivity contribution < 1.29 is 67.7 Å². The number of guanidine groups is 1. The first-order valence-corrected chi connectivity index (χ1v) is 31.7. The molecular formula is C57H97N17O14S. The van der Waals surface area contributed by atoms with Crippen LogP contribution in [-0.4, -0.2) is 217 Å². The van der Waals surface area contributed by atoms with Crippen LogP contribution in [0.15, 0.2) is 17.5 Å². The molecule has 32 heteroatoms. The molecule has 0 unspecified atom stereocenters. The Hall–Kier alpha value is -7.61. The lowest BCUT2D eigenvalue weighted by Crippen LogP contribution is -2.60. The number of aliphatic hydroxyl groups is 1. The number of nitrogens with one attached hydrogen (secondary N) is 10. The first-order valence-electron chi connectivity index (χ1n) is 30.4. The minimum atomic E-state index is -1.68. The third-order valence-electron chi connectivity index (χ3n) is 15.5. The average Bonchev–Trinajstić information content (AvgIpc) is 4.46. The molecule has 3 heterocycles. The molecule has 2 saturated heterocycles. The van der Waals surface area contributed by atoms with Crippen LogP contribution in [0.3, 0.4) is 0 Å². The van der Waals surface area contributed by atoms with E-state index in [9.17, 15) is 67.7 Å². The summed E-state index contributed by atoms with van der Waals surface area (Å²) in [5.41, 5.74) is 17.8. The van der Waals surface area contributed by atoms with E-state index in [0.717, 1.165) is 0 Å². The predicted molar refractivity (Wildman–Crippen MR) is 330 cm³/mol. The number of aliphatic imine (C=N–C) groups is 1. The smallest absolute Gasteiger partial charge is 0.328 e. The Balaban J connectivity index is 1.66. The topological polar surface area (TPSA) is 479 Å². The van der Waals surface area contributed by atoms with Gasteiger partial charge in [0.05, 0.1) is 18.5 Å². The summed E-state index contributed by atoms with van der Waals surface area (Å²) in [5.74, 6) is -10.0. The summed E-state index contributed by atoms with van der Waals surface area (Å²) in [6, 6.07) is -14.4. The van der Waals surface area contributed by atoms with Crippen molar-refractivity contribution in [2.24, 2.45) is 39.9 Å². The fourth-order valence-corrected chi connectivity index (χ4v) is 10.6. The Kier molecular flexibility index (Phi) is 31.2. The summed E-state index contributed by atoms with van der Waals surface area (Å²) in [7, 11) is 0. The number of H-pyrrole nitrogens is 1. The van der Waals surface area contributed by atoms with E-state index in [4.69, 9.17) is 17.2 Å². The lowest BCUT2D eigenvalue weighted by atomic mass is 9.96. The molecule has 0 saturated carbocycles. The maximum atomic E-state index is 14.1. The number of thioether (sulfide) groups is 1. The fourth-order valence-electron chi connectivity index (χ4n) is 10.1. The van der Waals surface area contributed by atoms with E-state index in [1.165, 1.54) is 55.6 Å². The largest absolute Gasteiger partial charge is 0.480 e. The number of aliphatic carboxylic acids is 1. The Morgan fingerprint density at radius 3 is 1.70 bits per heavy atom. The number of rotatable bonds is 36. The molecule has 89 heavy (non-hydrogen) atoms. The first-order chi connectivity index (χ1) is 41.8. The number of imidazole rings is 1. The zero-order valence-corrected chi connectivity index (χ0v) is 53.8. The summed E-state index contributed by atoms with van der Waals surface area (Å²) < 4.78 is 0. The van der Waals surface area contributed by atoms with Gasteiger partial charge in [-0.2, -0.15) is 11.8 Å². The number of carbonyl (C=O) groups is 12. The monoisotopic (exact) mass is 1280 g/mol. The number of likely N-dealkylation sites (tertiary alicyclic amines) is 2. The van der Waals surface area contributed by atoms with Crippen molar-refractivity contribution in [1.82, 2.24) is 67.6 Å². The molecule has 1 aromatic rings. The van der Waals surface area contributed by atoms with Crippen LogP contribution in [-0.2, 0) is 64.0 Å². The molecule has 0 spiro atoms. The average molecular weight is 1280 g/mol. The number of nitrogens with zero attached hydrogens (tertiary/aromatic N) is 4. The van der Waals surface area contributed by atoms with Gasteiger partial charge in [0.15, 0.2) is 12.0 Å². The van der Waals surface area contributed by atoms with E-state index in [2.05, 4.69) is 62.8 Å². The van der Waals surface area contributed by atoms with Gasteiger partial charge in [0, 0.05) is 37.9 Å². The van der Waals surface area contributed by atoms with Crippen LogP contribution in [0.2, 0.25) is 0 Å². The molecule has 2 fully saturated rings. The SMILES string of the molecule is CC[C@H](C)[C@H](NC(=O)[C@@H](N)Cc1cnc[nH]1)C(=O)N1CCC[C@H]1C(=O)N[C@H](C(=O)N[C@@H](C)C(=O)N[C@@H](C)C(=O)N[C@@H](CC(C)C)C(=O)N[C@@H](C)C(=O)N1CCC[C@H]1C(=O)N[C@@H](CCCN=C(N)N)C(=O)N[C@@H](CCSC)C(=O)N[C@H](C(=O)O)[C@@H](C)O)C(C)C. The molecule has 11 amide bonds. The van der Waals surface area contributed by atoms with E-state index in [1.807, 2.05) is 13.8 Å². The summed E-state index contributed by atoms with van der Waals surface area (Å²) in [6.07, 6.45) is 5.61. The van der Waals surface area contributed by atoms with Crippen molar-refractivity contribution in [3.8, 4) is 0 Å². The molecule has 2 aliphatic heterocycles. The zero-order valence-electron chi connectivity index (χ0n) is 53.0. The minimum Gasteiger partial charge on any atom is -0.480 e. The zero-order chi connectivity index (χ0) is 67.0. The molecule has 18 N–H and O–H groups in total. The van der Waals surface area contributed by atoms with Crippen molar-refractivity contribution in [2.45, 2.75) is 212 Å². The number of aromatic amines is 1. The normalized spacial score (nSPS) is 18.8. The van der Waals surface area contributed by atoms with Gasteiger partial charge in [-0.1, -0.05) is 48.0 Å². The highest BCUT2D eigenvalue weighted by atomic mass is 32.2. The number of hydrogen-bond acceptors (Lipinski definition) is 17. The number of carboxylic acid groups (broad SMARTS) is 1. The maximum Gasteiger partial charge on any atom is 0.328 e. The van der Waals surface area contributed by atoms with Gasteiger partial charge in [0.25, 0.3) is 0 Å². The maximum absolute atomic E-state index is 14.1. The Labute approximate surface area is 524 Å². The molecule has 2 aliphatic rings. The molecule has 1 aromatic heterocycles. The highest BCUT2D eigenvalue weighted by Crippen LogP contribution is 2.23. The van der Waals surface area contributed by atoms with E-state index in [0.29, 0.717) is 30.7 Å². The van der Waals surface area contributed by atoms with Crippen molar-refractivity contribution in [1.29, 1.82) is 0 Å². The van der Waals surface area contributed by atoms with Gasteiger partial charge in [-0.3, -0.25) is 57.7 Å². The first kappa shape index (κ1) is 75.6. The second-order valence-electron chi connectivity index (χ2n) is 23.7. The van der Waals surface area contributed by atoms with Crippen LogP contribution < -0.4 is 65.1 Å². The predicted octanol–water partition coefficient (Wildman–Crippen LogP) is -3.30. The fraction of sp³-hybridized carbons (Fsp3) is 0.719. The summed E-state index contributed by atoms with van der Waals surface area (Å²) in [6.45, 7) is 16.4. The number of aromatic nitrogens is 2. The van der Waals surface area contributed by atoms with Gasteiger partial charge in [0.2, 0.25) is 65.0 Å². The van der Waals surface area contributed by atoms with Gasteiger partial charge in [-0.05, 0) is 109 Å². The molecule has 0 bridgehead atoms. The third-order valence-corrected chi connectivity index (χ3v) is 16.1. The Morgan fingerprint density at radius 1 is 0.652 bits per heavy atom. The lowest BCUT2D eigenvalue weighted by Gasteiger charge is -2.33. The number of nitrogens with two attached hydrogens (primary N) is 3. The molecule has 0 aliphatic carbocycles. The Morgan fingerprint density at radius 2 is 1.17 bits per heavy atom. The molecule has 14 atom stereocenters. The number of carboxylic acids is 1. The van der Waals surface area contributed by atoms with Crippen LogP contribution >= 0.6 is 11.8 Å². The van der Waals surface area contributed by atoms with Crippen LogP contribution in [0.25, 0.3) is 0 Å². The molecule has 500 valence electrons. The molecule has 0 radical (unpaired) electrons. The molecular weight excluding hydrogens is 1180 g/mol. The quantitative estimate of drug-likeness (QED) is 0.0178. The lowest BCUT2D eigenvalue weighted by molar-refractivity contribution is -0.145. The number of amides is 11. The third kappa shape index (κ3) is 23.7. The van der Waals surface area contributed by atoms with E-state index < -0.39 is 155 Å². The highest BCUT2D eigenvalue weighted by Gasteiger charge is 2.43. The van der Waals surface area contributed by atoms with Gasteiger partial charge in [0.1, 0.15) is 60.4 Å². The van der Waals surface area contributed by atoms with Gasteiger partial charge in [-0.15, -0.1) is 0 Å². The number of aliphatic hydroxyl groups excluding tert-OH is 1. The van der Waals surface area contributed by atoms with Gasteiger partial charge in [-0.25, -0.2) is 9.78 Å². The van der Waals surface area contributed by atoms with Crippen molar-refractivity contribution in [3.63, 3.8) is 0 Å². The van der Waals surface area contributed by atoms with Crippen molar-refractivity contribution in [3.05, 3.63) is 18.2 Å². The van der Waals surface area contributed by atoms with Crippen molar-refractivity contribution in [2.75, 3.05) is 31.6 Å². The van der Waals surface area contributed by atoms with Gasteiger partial charge < -0.3 is 90.0 Å². The van der Waals surface area contributed by atoms with E-state index in [-0.39, 0.29) is 82.4 Å². The minimum absolute atomic E-state index is 0.0336. The summed E-state index contributed by atoms with van der Waals surface area (Å²) in [4.78, 5) is 177. The standard InChI is InChI=1S/C57H97N17O14S/c1-12-30(6)43(71-47(78)36(58)25-35-26-61-27-63-35)55(86)74-22-15-18-41(74)52(83)70-42(29(4)5)53(84)65-31(7)45(76)64-32(8)46(77)69-39(24-28(2)3)50(81)66-33(9)54(85)73-21-14-17-40(73)51(82)68-37(16-13-20-62-57(59)60)48(79)67-38(19-23-89-11)49(80)72-44(34(10)75)56(87)88/h26-34,36-44,75H,12-25,58H2,1-11H3,(H,61,63)(H,64,76)(H,65,84)(H,66,81)(H,67,79)(H,68,82)(H,69,77)(H,70,83)(H,71,78)(H,72,80)(H,87,88)(H4,59,60,62)/t30-,31-,32-,33-,34+,36-,37-,38-,39-,40-,41-,42-,43-,44-/m0/s1. The van der Waals surface area contributed by atoms with Crippen molar-refractivity contribution >= 4 is 88.7 Å². The summed E-state index contributed by atoms with van der Waals surface area (Å²) >= 11 is 1.35. The van der Waals surface area contributed by atoms with Crippen LogP contribution in [0.5, 0.6) is 0 Å². The van der Waals surface area contributed by atoms with Crippen LogP contribution in [0.1, 0.15) is 133 Å². The number of hydrogen-bond donors (Lipinski definition) is 15. The van der Waals surface area contributed by atoms with Crippen LogP contribution in [0.4, 0.5) is 0 Å². The Bertz CT molecular complexity index is 2620. The molecule has 31 nitrogen and oxygen atoms in total. The highest BCUT2D eigenvalue weighted by molar-refractivity contribution is 7.98. The molecule has 0 aromatic carbocycles. The van der Waals surface area contributed by atoms with Gasteiger partial charge >= 0.3 is 5.97 Å². The second-order valence-corrected chi connectivity index (χ2v) is 24.7. The van der Waals surface area contributed by atoms with E-state index >= 15 is 0 Å². The number of carbonyl (C=O) groups excluding carboxylic acids is 11. The summed E-state index contributed by atoms with van der Waals surface area (Å²) in [5, 5.41) is 43.0. The molecule has 3 rings (SSSR count). The van der Waals surface area contributed by atoms with Crippen LogP contribution in [0, 0.1) is 17.8 Å². The van der Waals surface area contributed by atoms with E-state index in [1.54, 1.807) is 40.1 Å².